The zero-order chi connectivity index (χ0) is 25.8. The molecule has 37 heavy (non-hydrogen) atoms. The predicted octanol–water partition coefficient (Wildman–Crippen LogP) is 5.37. The van der Waals surface area contributed by atoms with Crippen LogP contribution in [0, 0.1) is 0 Å². The number of aliphatic hydroxyl groups excluding tert-OH is 1. The van der Waals surface area contributed by atoms with Gasteiger partial charge < -0.3 is 10.0 Å². The van der Waals surface area contributed by atoms with Gasteiger partial charge in [-0.2, -0.15) is 5.10 Å². The van der Waals surface area contributed by atoms with Crippen molar-refractivity contribution in [2.24, 2.45) is 0 Å². The van der Waals surface area contributed by atoms with E-state index in [1.165, 1.54) is 11.3 Å². The fourth-order valence-corrected chi connectivity index (χ4v) is 5.00. The molecule has 5 rings (SSSR count). The molecule has 0 unspecified atom stereocenters. The molecule has 0 fully saturated rings. The third-order valence-electron chi connectivity index (χ3n) is 6.40. The molecule has 0 aliphatic rings. The second-order valence-electron chi connectivity index (χ2n) is 8.99. The predicted molar refractivity (Wildman–Crippen MR) is 148 cm³/mol. The molecule has 0 spiro atoms. The van der Waals surface area contributed by atoms with Crippen molar-refractivity contribution in [2.75, 3.05) is 25.1 Å². The number of rotatable bonds is 10. The highest BCUT2D eigenvalue weighted by atomic mass is 32.1. The van der Waals surface area contributed by atoms with Gasteiger partial charge in [0.25, 0.3) is 0 Å². The molecule has 0 bridgehead atoms. The number of aliphatic hydroxyl groups is 1. The molecule has 186 valence electrons. The van der Waals surface area contributed by atoms with Crippen molar-refractivity contribution in [1.82, 2.24) is 9.78 Å². The number of Topliss-reactive ketones (excluding diaryl/α,β-unsaturated/α-hetero) is 2. The van der Waals surface area contributed by atoms with Crippen molar-refractivity contribution in [3.63, 3.8) is 0 Å². The van der Waals surface area contributed by atoms with Gasteiger partial charge in [0.05, 0.1) is 28.9 Å². The van der Waals surface area contributed by atoms with E-state index >= 15 is 0 Å². The van der Waals surface area contributed by atoms with E-state index in [1.54, 1.807) is 0 Å². The van der Waals surface area contributed by atoms with Gasteiger partial charge in [-0.05, 0) is 71.1 Å². The van der Waals surface area contributed by atoms with Gasteiger partial charge in [-0.25, -0.2) is 4.68 Å². The van der Waals surface area contributed by atoms with Crippen LogP contribution in [0.2, 0.25) is 0 Å². The van der Waals surface area contributed by atoms with E-state index in [2.05, 4.69) is 5.10 Å². The van der Waals surface area contributed by atoms with E-state index in [0.717, 1.165) is 38.3 Å². The van der Waals surface area contributed by atoms with Crippen LogP contribution in [0.4, 0.5) is 5.69 Å². The normalized spacial score (nSPS) is 11.1. The van der Waals surface area contributed by atoms with Crippen molar-refractivity contribution < 1.29 is 14.7 Å². The largest absolute Gasteiger partial charge is 0.395 e. The van der Waals surface area contributed by atoms with Gasteiger partial charge in [0.1, 0.15) is 0 Å². The first-order valence-electron chi connectivity index (χ1n) is 12.1. The Morgan fingerprint density at radius 3 is 2.35 bits per heavy atom. The molecule has 2 aromatic heterocycles. The Morgan fingerprint density at radius 2 is 1.65 bits per heavy atom. The molecular weight excluding hydrogens is 482 g/mol. The van der Waals surface area contributed by atoms with Crippen molar-refractivity contribution >= 4 is 39.5 Å². The smallest absolute Gasteiger partial charge is 0.177 e. The first-order chi connectivity index (χ1) is 18.0. The molecule has 3 aromatic carbocycles. The third-order valence-corrected chi connectivity index (χ3v) is 7.32. The highest BCUT2D eigenvalue weighted by Gasteiger charge is 2.12. The highest BCUT2D eigenvalue weighted by Crippen LogP contribution is 2.22. The van der Waals surface area contributed by atoms with Gasteiger partial charge in [0, 0.05) is 43.1 Å². The average molecular weight is 510 g/mol. The Balaban J connectivity index is 1.26. The minimum Gasteiger partial charge on any atom is -0.395 e. The number of thiophene rings is 1. The minimum absolute atomic E-state index is 0.0540. The summed E-state index contributed by atoms with van der Waals surface area (Å²) in [5.74, 6) is 0.176. The zero-order valence-electron chi connectivity index (χ0n) is 20.5. The van der Waals surface area contributed by atoms with Crippen molar-refractivity contribution in [1.29, 1.82) is 0 Å². The van der Waals surface area contributed by atoms with Crippen LogP contribution in [0.5, 0.6) is 0 Å². The summed E-state index contributed by atoms with van der Waals surface area (Å²) in [5, 5.41) is 16.5. The monoisotopic (exact) mass is 509 g/mol. The molecule has 2 heterocycles. The molecule has 0 saturated carbocycles. The Morgan fingerprint density at radius 1 is 0.919 bits per heavy atom. The van der Waals surface area contributed by atoms with Gasteiger partial charge in [-0.15, -0.1) is 11.3 Å². The van der Waals surface area contributed by atoms with Crippen LogP contribution in [0.15, 0.2) is 90.4 Å². The van der Waals surface area contributed by atoms with Crippen LogP contribution in [-0.2, 0) is 12.8 Å². The maximum absolute atomic E-state index is 12.8. The number of aromatic nitrogens is 2. The van der Waals surface area contributed by atoms with Crippen molar-refractivity contribution in [2.45, 2.75) is 12.8 Å². The summed E-state index contributed by atoms with van der Waals surface area (Å²) >= 11 is 1.47. The van der Waals surface area contributed by atoms with Gasteiger partial charge >= 0.3 is 0 Å². The third kappa shape index (κ3) is 5.53. The molecule has 0 aliphatic heterocycles. The topological polar surface area (TPSA) is 75.4 Å². The van der Waals surface area contributed by atoms with Crippen molar-refractivity contribution in [3.8, 4) is 5.69 Å². The van der Waals surface area contributed by atoms with E-state index in [1.807, 2.05) is 107 Å². The van der Waals surface area contributed by atoms with Crippen LogP contribution in [0.1, 0.15) is 31.2 Å². The van der Waals surface area contributed by atoms with E-state index in [0.29, 0.717) is 24.9 Å². The molecular formula is C30H27N3O3S. The second-order valence-corrected chi connectivity index (χ2v) is 9.93. The Bertz CT molecular complexity index is 1520. The summed E-state index contributed by atoms with van der Waals surface area (Å²) < 4.78 is 1.87. The van der Waals surface area contributed by atoms with Crippen LogP contribution >= 0.6 is 11.3 Å². The number of ketones is 2. The summed E-state index contributed by atoms with van der Waals surface area (Å²) in [6.45, 7) is 0.626. The lowest BCUT2D eigenvalue weighted by molar-refractivity contribution is 0.0986. The Labute approximate surface area is 219 Å². The minimum atomic E-state index is 0.0540. The number of nitrogens with zero attached hydrogens (tertiary/aromatic N) is 3. The Hall–Kier alpha value is -4.07. The molecule has 0 atom stereocenters. The fourth-order valence-electron chi connectivity index (χ4n) is 4.33. The maximum Gasteiger partial charge on any atom is 0.177 e. The molecule has 0 saturated heterocycles. The standard InChI is InChI=1S/C30H27N3O3S/c1-32(14-15-34)25-11-7-23(8-12-25)28(35)18-21-4-9-26(10-5-21)33-27-13-6-22(17-24(27)20-31-33)19-29(36)30-3-2-16-37-30/h2-13,16-17,20,34H,14-15,18-19H2,1H3. The fraction of sp³-hybridized carbons (Fsp3) is 0.167. The summed E-state index contributed by atoms with van der Waals surface area (Å²) in [4.78, 5) is 28.0. The van der Waals surface area contributed by atoms with Gasteiger partial charge in [-0.1, -0.05) is 24.3 Å². The summed E-state index contributed by atoms with van der Waals surface area (Å²) in [7, 11) is 1.91. The second kappa shape index (κ2) is 10.9. The average Bonchev–Trinajstić information content (AvgIpc) is 3.60. The first kappa shape index (κ1) is 24.6. The van der Waals surface area contributed by atoms with Crippen LogP contribution in [0.3, 0.4) is 0 Å². The zero-order valence-corrected chi connectivity index (χ0v) is 21.3. The molecule has 6 nitrogen and oxygen atoms in total. The Kier molecular flexibility index (Phi) is 7.25. The quantitative estimate of drug-likeness (QED) is 0.256. The van der Waals surface area contributed by atoms with Gasteiger partial charge in [-0.3, -0.25) is 9.59 Å². The van der Waals surface area contributed by atoms with E-state index < -0.39 is 0 Å². The number of benzene rings is 3. The number of carbonyl (C=O) groups is 2. The first-order valence-corrected chi connectivity index (χ1v) is 13.0. The van der Waals surface area contributed by atoms with Crippen molar-refractivity contribution in [3.05, 3.63) is 112 Å². The molecule has 0 aliphatic carbocycles. The number of fused-ring (bicyclic) bond motifs is 1. The highest BCUT2D eigenvalue weighted by molar-refractivity contribution is 7.12. The van der Waals surface area contributed by atoms with E-state index in [-0.39, 0.29) is 18.2 Å². The lowest BCUT2D eigenvalue weighted by atomic mass is 10.0. The SMILES string of the molecule is CN(CCO)c1ccc(C(=O)Cc2ccc(-n3ncc4cc(CC(=O)c5cccs5)ccc43)cc2)cc1. The van der Waals surface area contributed by atoms with Crippen LogP contribution < -0.4 is 4.90 Å². The maximum atomic E-state index is 12.8. The molecule has 1 N–H and O–H groups in total. The number of likely N-dealkylation sites (N-methyl/N-ethyl adjacent to an activating group) is 1. The van der Waals surface area contributed by atoms with Crippen LogP contribution in [0.25, 0.3) is 16.6 Å². The molecule has 7 heteroatoms. The molecule has 5 aromatic rings. The summed E-state index contributed by atoms with van der Waals surface area (Å²) in [5.41, 5.74) is 5.39. The van der Waals surface area contributed by atoms with Gasteiger partial charge in [0.15, 0.2) is 11.6 Å². The lowest BCUT2D eigenvalue weighted by Crippen LogP contribution is -2.21. The van der Waals surface area contributed by atoms with Gasteiger partial charge in [0.2, 0.25) is 0 Å². The number of carbonyl (C=O) groups excluding carboxylic acids is 2. The number of anilines is 1. The van der Waals surface area contributed by atoms with E-state index in [9.17, 15) is 9.59 Å². The molecule has 0 amide bonds. The summed E-state index contributed by atoms with van der Waals surface area (Å²) in [6, 6.07) is 25.1. The summed E-state index contributed by atoms with van der Waals surface area (Å²) in [6.07, 6.45) is 2.49. The molecule has 0 radical (unpaired) electrons. The lowest BCUT2D eigenvalue weighted by Gasteiger charge is -2.17. The van der Waals surface area contributed by atoms with Crippen LogP contribution in [-0.4, -0.2) is 46.7 Å². The van der Waals surface area contributed by atoms with E-state index in [4.69, 9.17) is 5.11 Å². The number of hydrogen-bond acceptors (Lipinski definition) is 6. The number of hydrogen-bond donors (Lipinski definition) is 1.